The maximum absolute atomic E-state index is 4.53. The molecule has 3 nitrogen and oxygen atoms in total. The zero-order valence-electron chi connectivity index (χ0n) is 11.7. The van der Waals surface area contributed by atoms with Crippen LogP contribution in [0.25, 0.3) is 0 Å². The first-order valence-electron chi connectivity index (χ1n) is 6.62. The van der Waals surface area contributed by atoms with Gasteiger partial charge in [-0.15, -0.1) is 0 Å². The van der Waals surface area contributed by atoms with Gasteiger partial charge in [-0.2, -0.15) is 0 Å². The maximum Gasteiger partial charge on any atom is 0.133 e. The summed E-state index contributed by atoms with van der Waals surface area (Å²) in [6.45, 7) is 11.2. The highest BCUT2D eigenvalue weighted by Gasteiger charge is 2.29. The van der Waals surface area contributed by atoms with Crippen LogP contribution in [0.2, 0.25) is 0 Å². The minimum Gasteiger partial charge on any atom is -0.356 e. The zero-order valence-corrected chi connectivity index (χ0v) is 13.3. The minimum atomic E-state index is 0.425. The van der Waals surface area contributed by atoms with E-state index in [9.17, 15) is 0 Å². The van der Waals surface area contributed by atoms with Crippen molar-refractivity contribution in [3.63, 3.8) is 0 Å². The number of anilines is 1. The van der Waals surface area contributed by atoms with E-state index < -0.39 is 0 Å². The second-order valence-corrected chi connectivity index (χ2v) is 7.04. The van der Waals surface area contributed by atoms with Crippen LogP contribution in [0.15, 0.2) is 10.7 Å². The molecule has 0 amide bonds. The summed E-state index contributed by atoms with van der Waals surface area (Å²) in [6.07, 6.45) is 2.51. The Morgan fingerprint density at radius 1 is 1.22 bits per heavy atom. The Hall–Kier alpha value is -0.640. The van der Waals surface area contributed by atoms with Crippen LogP contribution in [-0.2, 0) is 0 Å². The minimum absolute atomic E-state index is 0.425. The maximum atomic E-state index is 4.53. The van der Waals surface area contributed by atoms with E-state index in [1.807, 2.05) is 13.0 Å². The van der Waals surface area contributed by atoms with E-state index in [0.29, 0.717) is 5.41 Å². The summed E-state index contributed by atoms with van der Waals surface area (Å²) in [5, 5.41) is 0. The highest BCUT2D eigenvalue weighted by Crippen LogP contribution is 2.35. The molecule has 1 saturated heterocycles. The van der Waals surface area contributed by atoms with Crippen LogP contribution in [-0.4, -0.2) is 23.1 Å². The molecule has 0 aliphatic carbocycles. The smallest absolute Gasteiger partial charge is 0.133 e. The Labute approximate surface area is 118 Å². The molecule has 1 aliphatic rings. The third kappa shape index (κ3) is 3.22. The molecule has 100 valence electrons. The summed E-state index contributed by atoms with van der Waals surface area (Å²) in [7, 11) is 0. The quantitative estimate of drug-likeness (QED) is 0.738. The number of aromatic nitrogens is 2. The first kappa shape index (κ1) is 13.8. The molecule has 0 spiro atoms. The fourth-order valence-corrected chi connectivity index (χ4v) is 3.11. The Morgan fingerprint density at radius 2 is 1.83 bits per heavy atom. The van der Waals surface area contributed by atoms with Crippen molar-refractivity contribution in [3.05, 3.63) is 16.5 Å². The van der Waals surface area contributed by atoms with Gasteiger partial charge in [0.1, 0.15) is 16.2 Å². The predicted octanol–water partition coefficient (Wildman–Crippen LogP) is 3.81. The molecule has 4 heteroatoms. The second kappa shape index (κ2) is 5.16. The normalized spacial score (nSPS) is 18.2. The molecule has 0 bridgehead atoms. The Kier molecular flexibility index (Phi) is 3.95. The number of piperidine rings is 1. The SMILES string of the molecule is Cc1nc(Br)cc(N2CCC(C(C)(C)C)CC2)n1. The average molecular weight is 312 g/mol. The fourth-order valence-electron chi connectivity index (χ4n) is 2.65. The van der Waals surface area contributed by atoms with Gasteiger partial charge in [0.2, 0.25) is 0 Å². The van der Waals surface area contributed by atoms with Gasteiger partial charge in [-0.25, -0.2) is 9.97 Å². The molecule has 18 heavy (non-hydrogen) atoms. The van der Waals surface area contributed by atoms with E-state index >= 15 is 0 Å². The van der Waals surface area contributed by atoms with Gasteiger partial charge >= 0.3 is 0 Å². The van der Waals surface area contributed by atoms with E-state index in [2.05, 4.69) is 51.6 Å². The Bertz CT molecular complexity index is 397. The molecule has 0 N–H and O–H groups in total. The molecule has 0 saturated carbocycles. The molecule has 0 aromatic carbocycles. The largest absolute Gasteiger partial charge is 0.356 e. The first-order valence-corrected chi connectivity index (χ1v) is 7.41. The van der Waals surface area contributed by atoms with Crippen molar-refractivity contribution in [3.8, 4) is 0 Å². The van der Waals surface area contributed by atoms with Gasteiger partial charge in [0.25, 0.3) is 0 Å². The molecule has 1 aromatic rings. The second-order valence-electron chi connectivity index (χ2n) is 6.22. The van der Waals surface area contributed by atoms with Crippen LogP contribution in [0.4, 0.5) is 5.82 Å². The van der Waals surface area contributed by atoms with Crippen molar-refractivity contribution in [2.45, 2.75) is 40.5 Å². The van der Waals surface area contributed by atoms with Gasteiger partial charge in [-0.3, -0.25) is 0 Å². The number of halogens is 1. The summed E-state index contributed by atoms with van der Waals surface area (Å²) in [5.74, 6) is 2.71. The summed E-state index contributed by atoms with van der Waals surface area (Å²) >= 11 is 3.45. The van der Waals surface area contributed by atoms with Crippen molar-refractivity contribution < 1.29 is 0 Å². The number of nitrogens with zero attached hydrogens (tertiary/aromatic N) is 3. The van der Waals surface area contributed by atoms with Gasteiger partial charge in [-0.1, -0.05) is 20.8 Å². The molecule has 2 rings (SSSR count). The lowest BCUT2D eigenvalue weighted by Crippen LogP contribution is -2.38. The zero-order chi connectivity index (χ0) is 13.3. The number of hydrogen-bond acceptors (Lipinski definition) is 3. The van der Waals surface area contributed by atoms with E-state index in [0.717, 1.165) is 35.3 Å². The lowest BCUT2D eigenvalue weighted by Gasteiger charge is -2.39. The summed E-state index contributed by atoms with van der Waals surface area (Å²) in [4.78, 5) is 11.2. The predicted molar refractivity (Wildman–Crippen MR) is 78.9 cm³/mol. The van der Waals surface area contributed by atoms with Gasteiger partial charge in [-0.05, 0) is 47.0 Å². The fraction of sp³-hybridized carbons (Fsp3) is 0.714. The monoisotopic (exact) mass is 311 g/mol. The van der Waals surface area contributed by atoms with Crippen molar-refractivity contribution in [1.82, 2.24) is 9.97 Å². The summed E-state index contributed by atoms with van der Waals surface area (Å²) in [5.41, 5.74) is 0.425. The molecule has 0 unspecified atom stereocenters. The van der Waals surface area contributed by atoms with Crippen LogP contribution in [0.3, 0.4) is 0 Å². The molecular weight excluding hydrogens is 290 g/mol. The van der Waals surface area contributed by atoms with E-state index in [1.54, 1.807) is 0 Å². The van der Waals surface area contributed by atoms with Gasteiger partial charge < -0.3 is 4.90 Å². The van der Waals surface area contributed by atoms with Crippen molar-refractivity contribution >= 4 is 21.7 Å². The van der Waals surface area contributed by atoms with Crippen molar-refractivity contribution in [2.24, 2.45) is 11.3 Å². The number of aryl methyl sites for hydroxylation is 1. The van der Waals surface area contributed by atoms with E-state index in [-0.39, 0.29) is 0 Å². The molecule has 1 aliphatic heterocycles. The number of rotatable bonds is 1. The summed E-state index contributed by atoms with van der Waals surface area (Å²) < 4.78 is 0.878. The van der Waals surface area contributed by atoms with Crippen molar-refractivity contribution in [2.75, 3.05) is 18.0 Å². The number of hydrogen-bond donors (Lipinski definition) is 0. The van der Waals surface area contributed by atoms with Crippen molar-refractivity contribution in [1.29, 1.82) is 0 Å². The topological polar surface area (TPSA) is 29.0 Å². The van der Waals surface area contributed by atoms with Crippen LogP contribution >= 0.6 is 15.9 Å². The standard InChI is InChI=1S/C14H22BrN3/c1-10-16-12(15)9-13(17-10)18-7-5-11(6-8-18)14(2,3)4/h9,11H,5-8H2,1-4H3. The van der Waals surface area contributed by atoms with E-state index in [4.69, 9.17) is 0 Å². The first-order chi connectivity index (χ1) is 8.36. The highest BCUT2D eigenvalue weighted by molar-refractivity contribution is 9.10. The lowest BCUT2D eigenvalue weighted by molar-refractivity contribution is 0.198. The molecule has 1 aromatic heterocycles. The molecular formula is C14H22BrN3. The van der Waals surface area contributed by atoms with Gasteiger partial charge in [0, 0.05) is 19.2 Å². The van der Waals surface area contributed by atoms with Crippen LogP contribution in [0.5, 0.6) is 0 Å². The van der Waals surface area contributed by atoms with Gasteiger partial charge in [0.15, 0.2) is 0 Å². The van der Waals surface area contributed by atoms with Crippen LogP contribution in [0, 0.1) is 18.3 Å². The van der Waals surface area contributed by atoms with Crippen LogP contribution in [0.1, 0.15) is 39.4 Å². The molecule has 1 fully saturated rings. The third-order valence-electron chi connectivity index (χ3n) is 3.84. The highest BCUT2D eigenvalue weighted by atomic mass is 79.9. The lowest BCUT2D eigenvalue weighted by atomic mass is 9.75. The van der Waals surface area contributed by atoms with Crippen LogP contribution < -0.4 is 4.90 Å². The molecule has 0 radical (unpaired) electrons. The Morgan fingerprint density at radius 3 is 2.33 bits per heavy atom. The molecule has 2 heterocycles. The average Bonchev–Trinajstić information content (AvgIpc) is 2.27. The summed E-state index contributed by atoms with van der Waals surface area (Å²) in [6, 6.07) is 2.02. The van der Waals surface area contributed by atoms with E-state index in [1.165, 1.54) is 12.8 Å². The third-order valence-corrected chi connectivity index (χ3v) is 4.24. The molecule has 0 atom stereocenters. The van der Waals surface area contributed by atoms with Gasteiger partial charge in [0.05, 0.1) is 0 Å². The Balaban J connectivity index is 2.05.